The topological polar surface area (TPSA) is 116 Å². The van der Waals surface area contributed by atoms with E-state index in [9.17, 15) is 9.59 Å². The summed E-state index contributed by atoms with van der Waals surface area (Å²) in [5, 5.41) is 21.0. The molecule has 2 aromatic carbocycles. The van der Waals surface area contributed by atoms with E-state index >= 15 is 0 Å². The maximum Gasteiger partial charge on any atom is 0.335 e. The molecule has 0 aliphatic carbocycles. The van der Waals surface area contributed by atoms with Crippen LogP contribution in [0.5, 0.6) is 11.5 Å². The van der Waals surface area contributed by atoms with E-state index in [1.54, 1.807) is 19.2 Å². The highest BCUT2D eigenvalue weighted by Gasteiger charge is 2.21. The molecule has 3 rings (SSSR count). The van der Waals surface area contributed by atoms with E-state index in [1.807, 2.05) is 35.8 Å². The molecule has 1 unspecified atom stereocenters. The lowest BCUT2D eigenvalue weighted by Gasteiger charge is -2.18. The molecule has 0 fully saturated rings. The van der Waals surface area contributed by atoms with Gasteiger partial charge in [-0.2, -0.15) is 0 Å². The van der Waals surface area contributed by atoms with Crippen LogP contribution in [0, 0.1) is 5.92 Å². The van der Waals surface area contributed by atoms with Crippen molar-refractivity contribution in [1.29, 1.82) is 0 Å². The third kappa shape index (κ3) is 6.74. The SMILES string of the molecule is COc1ccc(OC(C)c2nnc(SCC(=O)Nc3ccc(C(=O)O)cc3)n2CC(C)C)cc1. The van der Waals surface area contributed by atoms with Crippen LogP contribution in [0.25, 0.3) is 0 Å². The number of amides is 1. The number of carbonyl (C=O) groups excluding carboxylic acids is 1. The minimum Gasteiger partial charge on any atom is -0.497 e. The standard InChI is InChI=1S/C24H28N4O5S/c1-15(2)13-28-22(16(3)33-20-11-9-19(32-4)10-12-20)26-27-24(28)34-14-21(29)25-18-7-5-17(6-8-18)23(30)31/h5-12,15-16H,13-14H2,1-4H3,(H,25,29)(H,30,31). The van der Waals surface area contributed by atoms with Crippen molar-refractivity contribution < 1.29 is 24.2 Å². The van der Waals surface area contributed by atoms with Gasteiger partial charge in [0.2, 0.25) is 5.91 Å². The Balaban J connectivity index is 1.66. The van der Waals surface area contributed by atoms with Crippen molar-refractivity contribution in [3.05, 3.63) is 59.9 Å². The van der Waals surface area contributed by atoms with Gasteiger partial charge in [-0.25, -0.2) is 4.79 Å². The fourth-order valence-electron chi connectivity index (χ4n) is 3.18. The number of thioether (sulfide) groups is 1. The first kappa shape index (κ1) is 25.1. The molecule has 10 heteroatoms. The zero-order chi connectivity index (χ0) is 24.7. The lowest BCUT2D eigenvalue weighted by atomic mass is 10.2. The number of nitrogens with one attached hydrogen (secondary N) is 1. The summed E-state index contributed by atoms with van der Waals surface area (Å²) >= 11 is 1.29. The van der Waals surface area contributed by atoms with Gasteiger partial charge in [-0.15, -0.1) is 10.2 Å². The number of carbonyl (C=O) groups is 2. The minimum absolute atomic E-state index is 0.130. The van der Waals surface area contributed by atoms with Crippen molar-refractivity contribution in [3.8, 4) is 11.5 Å². The Morgan fingerprint density at radius 2 is 1.68 bits per heavy atom. The van der Waals surface area contributed by atoms with Gasteiger partial charge in [0.15, 0.2) is 17.1 Å². The summed E-state index contributed by atoms with van der Waals surface area (Å²) in [6.07, 6.45) is -0.351. The molecule has 0 saturated carbocycles. The van der Waals surface area contributed by atoms with E-state index in [0.717, 1.165) is 5.75 Å². The molecule has 0 spiro atoms. The van der Waals surface area contributed by atoms with E-state index < -0.39 is 5.97 Å². The van der Waals surface area contributed by atoms with Gasteiger partial charge in [-0.3, -0.25) is 4.79 Å². The number of ether oxygens (including phenoxy) is 2. The first-order chi connectivity index (χ1) is 16.3. The average Bonchev–Trinajstić information content (AvgIpc) is 3.20. The molecule has 1 heterocycles. The third-order valence-corrected chi connectivity index (χ3v) is 5.74. The van der Waals surface area contributed by atoms with Gasteiger partial charge >= 0.3 is 5.97 Å². The Labute approximate surface area is 202 Å². The van der Waals surface area contributed by atoms with Crippen LogP contribution in [0.3, 0.4) is 0 Å². The van der Waals surface area contributed by atoms with E-state index in [-0.39, 0.29) is 23.3 Å². The number of benzene rings is 2. The molecule has 0 aliphatic heterocycles. The van der Waals surface area contributed by atoms with Crippen molar-refractivity contribution in [3.63, 3.8) is 0 Å². The van der Waals surface area contributed by atoms with Crippen LogP contribution in [0.2, 0.25) is 0 Å². The molecule has 9 nitrogen and oxygen atoms in total. The summed E-state index contributed by atoms with van der Waals surface area (Å²) in [6, 6.07) is 13.3. The van der Waals surface area contributed by atoms with Gasteiger partial charge in [0.1, 0.15) is 11.5 Å². The number of aromatic nitrogens is 3. The largest absolute Gasteiger partial charge is 0.497 e. The highest BCUT2D eigenvalue weighted by atomic mass is 32.2. The predicted molar refractivity (Wildman–Crippen MR) is 130 cm³/mol. The van der Waals surface area contributed by atoms with E-state index in [2.05, 4.69) is 29.4 Å². The summed E-state index contributed by atoms with van der Waals surface area (Å²) in [5.74, 6) is 1.34. The number of aromatic carboxylic acids is 1. The smallest absolute Gasteiger partial charge is 0.335 e. The molecular weight excluding hydrogens is 456 g/mol. The Bertz CT molecular complexity index is 1110. The fourth-order valence-corrected chi connectivity index (χ4v) is 3.93. The van der Waals surface area contributed by atoms with Gasteiger partial charge in [-0.1, -0.05) is 25.6 Å². The fraction of sp³-hybridized carbons (Fsp3) is 0.333. The number of nitrogens with zero attached hydrogens (tertiary/aromatic N) is 3. The summed E-state index contributed by atoms with van der Waals surface area (Å²) in [5.41, 5.74) is 0.689. The third-order valence-electron chi connectivity index (χ3n) is 4.78. The Hall–Kier alpha value is -3.53. The van der Waals surface area contributed by atoms with Crippen LogP contribution in [-0.2, 0) is 11.3 Å². The maximum absolute atomic E-state index is 12.4. The Morgan fingerprint density at radius 1 is 1.03 bits per heavy atom. The first-order valence-corrected chi connectivity index (χ1v) is 11.7. The van der Waals surface area contributed by atoms with E-state index in [4.69, 9.17) is 14.6 Å². The molecule has 34 heavy (non-hydrogen) atoms. The summed E-state index contributed by atoms with van der Waals surface area (Å²) < 4.78 is 13.2. The van der Waals surface area contributed by atoms with Crippen molar-refractivity contribution in [2.24, 2.45) is 5.92 Å². The molecule has 1 amide bonds. The van der Waals surface area contributed by atoms with E-state index in [1.165, 1.54) is 23.9 Å². The Morgan fingerprint density at radius 3 is 2.26 bits per heavy atom. The lowest BCUT2D eigenvalue weighted by molar-refractivity contribution is -0.113. The second-order valence-electron chi connectivity index (χ2n) is 8.00. The second-order valence-corrected chi connectivity index (χ2v) is 8.94. The quantitative estimate of drug-likeness (QED) is 0.382. The zero-order valence-corrected chi connectivity index (χ0v) is 20.3. The number of hydrogen-bond acceptors (Lipinski definition) is 7. The van der Waals surface area contributed by atoms with Gasteiger partial charge < -0.3 is 24.5 Å². The van der Waals surface area contributed by atoms with E-state index in [0.29, 0.717) is 34.9 Å². The first-order valence-electron chi connectivity index (χ1n) is 10.8. The molecular formula is C24H28N4O5S. The monoisotopic (exact) mass is 484 g/mol. The van der Waals surface area contributed by atoms with Gasteiger partial charge in [0.05, 0.1) is 18.4 Å². The number of carboxylic acid groups (broad SMARTS) is 1. The normalized spacial score (nSPS) is 11.8. The summed E-state index contributed by atoms with van der Waals surface area (Å²) in [6.45, 7) is 6.79. The lowest BCUT2D eigenvalue weighted by Crippen LogP contribution is -2.17. The number of hydrogen-bond donors (Lipinski definition) is 2. The van der Waals surface area contributed by atoms with Gasteiger partial charge in [0, 0.05) is 12.2 Å². The molecule has 180 valence electrons. The summed E-state index contributed by atoms with van der Waals surface area (Å²) in [4.78, 5) is 23.4. The highest BCUT2D eigenvalue weighted by Crippen LogP contribution is 2.27. The van der Waals surface area contributed by atoms with Gasteiger partial charge in [0.25, 0.3) is 0 Å². The van der Waals surface area contributed by atoms with Crippen LogP contribution >= 0.6 is 11.8 Å². The number of methoxy groups -OCH3 is 1. The molecule has 1 atom stereocenters. The summed E-state index contributed by atoms with van der Waals surface area (Å²) in [7, 11) is 1.61. The Kier molecular flexibility index (Phi) is 8.53. The van der Waals surface area contributed by atoms with Crippen molar-refractivity contribution >= 4 is 29.3 Å². The minimum atomic E-state index is -1.01. The van der Waals surface area contributed by atoms with Crippen LogP contribution in [0.15, 0.2) is 53.7 Å². The predicted octanol–water partition coefficient (Wildman–Crippen LogP) is 4.51. The molecule has 0 saturated heterocycles. The average molecular weight is 485 g/mol. The highest BCUT2D eigenvalue weighted by molar-refractivity contribution is 7.99. The van der Waals surface area contributed by atoms with Crippen molar-refractivity contribution in [2.45, 2.75) is 38.6 Å². The van der Waals surface area contributed by atoms with Crippen LogP contribution in [0.1, 0.15) is 43.1 Å². The molecule has 0 bridgehead atoms. The maximum atomic E-state index is 12.4. The zero-order valence-electron chi connectivity index (χ0n) is 19.5. The molecule has 0 aliphatic rings. The molecule has 0 radical (unpaired) electrons. The van der Waals surface area contributed by atoms with Crippen LogP contribution in [-0.4, -0.2) is 44.6 Å². The van der Waals surface area contributed by atoms with Crippen molar-refractivity contribution in [1.82, 2.24) is 14.8 Å². The number of carboxylic acids is 1. The van der Waals surface area contributed by atoms with Gasteiger partial charge in [-0.05, 0) is 61.4 Å². The second kappa shape index (κ2) is 11.6. The van der Waals surface area contributed by atoms with Crippen molar-refractivity contribution in [2.75, 3.05) is 18.2 Å². The van der Waals surface area contributed by atoms with Crippen LogP contribution in [0.4, 0.5) is 5.69 Å². The molecule has 1 aromatic heterocycles. The number of anilines is 1. The van der Waals surface area contributed by atoms with Crippen LogP contribution < -0.4 is 14.8 Å². The molecule has 2 N–H and O–H groups in total. The number of rotatable bonds is 11. The molecule has 3 aromatic rings.